The van der Waals surface area contributed by atoms with Crippen LogP contribution in [0.3, 0.4) is 0 Å². The summed E-state index contributed by atoms with van der Waals surface area (Å²) in [7, 11) is 3.17. The SMILES string of the molecule is COC[C@H]1C[C@H](NC(=S)CCCCO[C@@H]2O[C@H](CO)[C@H](O)[C@H](O)[C@H]2NC(C)=O)[C@@H](OC)C1O.[Y]. The van der Waals surface area contributed by atoms with E-state index in [1.807, 2.05) is 0 Å². The maximum atomic E-state index is 11.5. The average molecular weight is 584 g/mol. The van der Waals surface area contributed by atoms with Gasteiger partial charge in [0.2, 0.25) is 5.91 Å². The van der Waals surface area contributed by atoms with Gasteiger partial charge in [-0.2, -0.15) is 0 Å². The zero-order chi connectivity index (χ0) is 24.5. The van der Waals surface area contributed by atoms with Crippen molar-refractivity contribution in [3.05, 3.63) is 0 Å². The predicted molar refractivity (Wildman–Crippen MR) is 121 cm³/mol. The van der Waals surface area contributed by atoms with Crippen molar-refractivity contribution in [3.8, 4) is 0 Å². The molecule has 0 spiro atoms. The number of nitrogens with one attached hydrogen (secondary N) is 2. The van der Waals surface area contributed by atoms with Crippen LogP contribution in [0.2, 0.25) is 0 Å². The van der Waals surface area contributed by atoms with Gasteiger partial charge in [-0.1, -0.05) is 12.2 Å². The van der Waals surface area contributed by atoms with Crippen molar-refractivity contribution < 1.29 is 76.9 Å². The van der Waals surface area contributed by atoms with Crippen LogP contribution in [0.4, 0.5) is 0 Å². The molecule has 2 fully saturated rings. The number of thiocarbonyl (C=S) groups is 1. The number of hydrogen-bond donors (Lipinski definition) is 6. The van der Waals surface area contributed by atoms with Gasteiger partial charge in [0.15, 0.2) is 6.29 Å². The molecule has 6 N–H and O–H groups in total. The Morgan fingerprint density at radius 2 is 1.82 bits per heavy atom. The van der Waals surface area contributed by atoms with E-state index in [0.29, 0.717) is 37.3 Å². The molecule has 1 saturated heterocycles. The summed E-state index contributed by atoms with van der Waals surface area (Å²) in [5.41, 5.74) is 0. The number of amides is 1. The molecule has 1 aliphatic heterocycles. The summed E-state index contributed by atoms with van der Waals surface area (Å²) < 4.78 is 21.9. The second-order valence-corrected chi connectivity index (χ2v) is 9.07. The number of aliphatic hydroxyl groups is 4. The molecule has 11 nitrogen and oxygen atoms in total. The molecule has 1 amide bonds. The molecular formula is C21H38N2O9SY. The van der Waals surface area contributed by atoms with E-state index in [1.54, 1.807) is 14.2 Å². The fraction of sp³-hybridized carbons (Fsp3) is 0.905. The first kappa shape index (κ1) is 32.2. The van der Waals surface area contributed by atoms with Crippen LogP contribution in [-0.4, -0.2) is 114 Å². The molecule has 195 valence electrons. The number of carbonyl (C=O) groups is 1. The third-order valence-electron chi connectivity index (χ3n) is 6.10. The summed E-state index contributed by atoms with van der Waals surface area (Å²) in [5, 5.41) is 45.9. The van der Waals surface area contributed by atoms with E-state index in [4.69, 9.17) is 31.2 Å². The van der Waals surface area contributed by atoms with Gasteiger partial charge in [-0.15, -0.1) is 0 Å². The van der Waals surface area contributed by atoms with Crippen LogP contribution in [0.5, 0.6) is 0 Å². The van der Waals surface area contributed by atoms with Crippen molar-refractivity contribution in [1.29, 1.82) is 0 Å². The van der Waals surface area contributed by atoms with E-state index < -0.39 is 49.3 Å². The van der Waals surface area contributed by atoms with Gasteiger partial charge in [0, 0.05) is 66.4 Å². The molecule has 0 bridgehead atoms. The third-order valence-corrected chi connectivity index (χ3v) is 6.43. The number of carbonyl (C=O) groups excluding carboxylic acids is 1. The summed E-state index contributed by atoms with van der Waals surface area (Å²) in [6, 6.07) is -1.05. The molecule has 1 aliphatic carbocycles. The summed E-state index contributed by atoms with van der Waals surface area (Å²) in [6.07, 6.45) is -3.02. The summed E-state index contributed by atoms with van der Waals surface area (Å²) >= 11 is 5.45. The Kier molecular flexibility index (Phi) is 15.2. The summed E-state index contributed by atoms with van der Waals surface area (Å²) in [5.74, 6) is -0.418. The molecule has 0 aromatic heterocycles. The normalized spacial score (nSPS) is 35.4. The second-order valence-electron chi connectivity index (χ2n) is 8.58. The van der Waals surface area contributed by atoms with Crippen molar-refractivity contribution in [3.63, 3.8) is 0 Å². The summed E-state index contributed by atoms with van der Waals surface area (Å²) in [4.78, 5) is 12.1. The van der Waals surface area contributed by atoms with Crippen LogP contribution in [0, 0.1) is 5.92 Å². The average Bonchev–Trinajstić information content (AvgIpc) is 3.06. The van der Waals surface area contributed by atoms with E-state index >= 15 is 0 Å². The van der Waals surface area contributed by atoms with Gasteiger partial charge in [0.1, 0.15) is 30.5 Å². The van der Waals surface area contributed by atoms with E-state index in [9.17, 15) is 25.2 Å². The number of unbranched alkanes of at least 4 members (excludes halogenated alkanes) is 1. The van der Waals surface area contributed by atoms with E-state index in [-0.39, 0.29) is 57.4 Å². The number of rotatable bonds is 12. The molecule has 9 atom stereocenters. The number of hydrogen-bond acceptors (Lipinski definition) is 10. The largest absolute Gasteiger partial charge is 0.394 e. The Labute approximate surface area is 231 Å². The van der Waals surface area contributed by atoms with Crippen LogP contribution >= 0.6 is 12.2 Å². The minimum absolute atomic E-state index is 0. The van der Waals surface area contributed by atoms with Crippen molar-refractivity contribution >= 4 is 23.1 Å². The standard InChI is InChI=1S/C21H38N2O9S.Y/c1-11(25)22-16-19(28)18(27)14(9-24)32-21(16)31-7-5-4-6-15(33)23-13-8-12(10-29-2)17(26)20(13)30-3;/h12-14,16-21,24,26-28H,4-10H2,1-3H3,(H,22,25)(H,23,33);/t12-,13+,14-,16-,17?,18+,19-,20-,21-;/m1./s1. The molecule has 1 unspecified atom stereocenters. The van der Waals surface area contributed by atoms with Crippen molar-refractivity contribution in [1.82, 2.24) is 10.6 Å². The molecule has 13 heteroatoms. The number of aliphatic hydroxyl groups excluding tert-OH is 4. The van der Waals surface area contributed by atoms with Gasteiger partial charge in [-0.25, -0.2) is 0 Å². The zero-order valence-electron chi connectivity index (χ0n) is 20.0. The molecule has 2 aliphatic rings. The molecule has 1 saturated carbocycles. The smallest absolute Gasteiger partial charge is 0.217 e. The Morgan fingerprint density at radius 3 is 2.41 bits per heavy atom. The van der Waals surface area contributed by atoms with Gasteiger partial charge in [-0.3, -0.25) is 4.79 Å². The predicted octanol–water partition coefficient (Wildman–Crippen LogP) is -1.56. The van der Waals surface area contributed by atoms with Crippen molar-refractivity contribution in [2.45, 2.75) is 81.5 Å². The minimum Gasteiger partial charge on any atom is -0.394 e. The van der Waals surface area contributed by atoms with Gasteiger partial charge >= 0.3 is 0 Å². The maximum absolute atomic E-state index is 11.5. The molecule has 1 heterocycles. The minimum atomic E-state index is -1.34. The first-order chi connectivity index (χ1) is 15.7. The quantitative estimate of drug-likeness (QED) is 0.117. The monoisotopic (exact) mass is 583 g/mol. The van der Waals surface area contributed by atoms with Crippen molar-refractivity contribution in [2.24, 2.45) is 5.92 Å². The van der Waals surface area contributed by atoms with Crippen LogP contribution < -0.4 is 10.6 Å². The fourth-order valence-electron chi connectivity index (χ4n) is 4.41. The van der Waals surface area contributed by atoms with Gasteiger partial charge in [-0.05, 0) is 25.7 Å². The topological polar surface area (TPSA) is 159 Å². The van der Waals surface area contributed by atoms with Gasteiger partial charge in [0.25, 0.3) is 0 Å². The molecule has 2 rings (SSSR count). The van der Waals surface area contributed by atoms with Crippen LogP contribution in [0.25, 0.3) is 0 Å². The van der Waals surface area contributed by atoms with Crippen LogP contribution in [0.1, 0.15) is 32.6 Å². The third kappa shape index (κ3) is 8.91. The van der Waals surface area contributed by atoms with Crippen LogP contribution in [-0.2, 0) is 56.5 Å². The Morgan fingerprint density at radius 1 is 1.12 bits per heavy atom. The van der Waals surface area contributed by atoms with Crippen LogP contribution in [0.15, 0.2) is 0 Å². The molecule has 0 aromatic carbocycles. The zero-order valence-corrected chi connectivity index (χ0v) is 23.6. The molecule has 0 aromatic rings. The van der Waals surface area contributed by atoms with E-state index in [2.05, 4.69) is 10.6 Å². The second kappa shape index (κ2) is 16.1. The fourth-order valence-corrected chi connectivity index (χ4v) is 4.71. The molecule has 1 radical (unpaired) electrons. The molecule has 34 heavy (non-hydrogen) atoms. The van der Waals surface area contributed by atoms with Gasteiger partial charge < -0.3 is 50.0 Å². The van der Waals surface area contributed by atoms with Gasteiger partial charge in [0.05, 0.1) is 30.3 Å². The molecular weight excluding hydrogens is 545 g/mol. The number of ether oxygens (including phenoxy) is 4. The van der Waals surface area contributed by atoms with Crippen molar-refractivity contribution in [2.75, 3.05) is 34.0 Å². The summed E-state index contributed by atoms with van der Waals surface area (Å²) in [6.45, 7) is 1.52. The van der Waals surface area contributed by atoms with E-state index in [1.165, 1.54) is 6.92 Å². The van der Waals surface area contributed by atoms with E-state index in [0.717, 1.165) is 0 Å². The maximum Gasteiger partial charge on any atom is 0.217 e. The first-order valence-electron chi connectivity index (χ1n) is 11.2. The Bertz CT molecular complexity index is 635. The first-order valence-corrected chi connectivity index (χ1v) is 11.6. The Balaban J connectivity index is 0.00000578. The Hall–Kier alpha value is 0.144. The number of methoxy groups -OCH3 is 2.